The molecule has 106 valence electrons. The molecule has 7 heteroatoms. The van der Waals surface area contributed by atoms with Crippen molar-refractivity contribution in [3.63, 3.8) is 0 Å². The number of aryl methyl sites for hydroxylation is 1. The van der Waals surface area contributed by atoms with Gasteiger partial charge in [0.05, 0.1) is 5.92 Å². The van der Waals surface area contributed by atoms with E-state index in [1.165, 1.54) is 4.57 Å². The molecule has 7 nitrogen and oxygen atoms in total. The second-order valence-corrected chi connectivity index (χ2v) is 5.04. The fourth-order valence-electron chi connectivity index (χ4n) is 2.68. The van der Waals surface area contributed by atoms with Crippen molar-refractivity contribution in [1.29, 1.82) is 0 Å². The number of hydrogen-bond donors (Lipinski definition) is 2. The molecule has 3 aromatic rings. The Morgan fingerprint density at radius 1 is 1.29 bits per heavy atom. The number of benzene rings is 1. The van der Waals surface area contributed by atoms with Crippen molar-refractivity contribution in [2.24, 2.45) is 7.05 Å². The zero-order valence-corrected chi connectivity index (χ0v) is 11.2. The highest BCUT2D eigenvalue weighted by atomic mass is 16.5. The second kappa shape index (κ2) is 4.08. The van der Waals surface area contributed by atoms with E-state index in [2.05, 4.69) is 15.0 Å². The third-order valence-corrected chi connectivity index (χ3v) is 3.80. The predicted octanol–water partition coefficient (Wildman–Crippen LogP) is 0.474. The van der Waals surface area contributed by atoms with E-state index in [0.717, 1.165) is 11.3 Å². The highest BCUT2D eigenvalue weighted by Crippen LogP contribution is 2.36. The van der Waals surface area contributed by atoms with Crippen molar-refractivity contribution in [2.45, 2.75) is 5.92 Å². The Kier molecular flexibility index (Phi) is 2.32. The molecule has 0 aliphatic carbocycles. The maximum absolute atomic E-state index is 11.9. The summed E-state index contributed by atoms with van der Waals surface area (Å²) in [5.74, 6) is 1.38. The van der Waals surface area contributed by atoms with E-state index in [1.807, 2.05) is 24.3 Å². The molecule has 0 radical (unpaired) electrons. The number of ether oxygens (including phenoxy) is 1. The summed E-state index contributed by atoms with van der Waals surface area (Å²) in [5, 5.41) is 0. The fraction of sp³-hybridized carbons (Fsp3) is 0.214. The smallest absolute Gasteiger partial charge is 0.329 e. The number of rotatable bonds is 1. The molecule has 0 saturated carbocycles. The average molecular weight is 284 g/mol. The minimum absolute atomic E-state index is 0.0666. The Hall–Kier alpha value is -2.83. The lowest BCUT2D eigenvalue weighted by atomic mass is 10.0. The quantitative estimate of drug-likeness (QED) is 0.679. The summed E-state index contributed by atoms with van der Waals surface area (Å²) in [6.45, 7) is 0.463. The van der Waals surface area contributed by atoms with Crippen LogP contribution in [0.25, 0.3) is 11.2 Å². The lowest BCUT2D eigenvalue weighted by Gasteiger charge is -2.03. The van der Waals surface area contributed by atoms with Crippen molar-refractivity contribution < 1.29 is 4.74 Å². The minimum atomic E-state index is -0.478. The van der Waals surface area contributed by atoms with Crippen LogP contribution in [-0.2, 0) is 7.05 Å². The van der Waals surface area contributed by atoms with Gasteiger partial charge in [-0.25, -0.2) is 9.78 Å². The standard InChI is InChI=1S/C14H12N4O3/c1-18-12-10(13(19)17-14(18)20)15-11(16-12)8-6-21-9-5-3-2-4-7(8)9/h2-5,8H,6H2,1H3,(H,15,16)(H,17,19,20). The Morgan fingerprint density at radius 3 is 2.95 bits per heavy atom. The van der Waals surface area contributed by atoms with Crippen LogP contribution in [0, 0.1) is 0 Å². The number of nitrogens with one attached hydrogen (secondary N) is 2. The Labute approximate surface area is 118 Å². The van der Waals surface area contributed by atoms with Crippen LogP contribution < -0.4 is 16.0 Å². The van der Waals surface area contributed by atoms with Crippen LogP contribution in [0.4, 0.5) is 0 Å². The topological polar surface area (TPSA) is 92.8 Å². The summed E-state index contributed by atoms with van der Waals surface area (Å²) in [5.41, 5.74) is 0.741. The summed E-state index contributed by atoms with van der Waals surface area (Å²) < 4.78 is 6.95. The van der Waals surface area contributed by atoms with Crippen LogP contribution in [0.3, 0.4) is 0 Å². The van der Waals surface area contributed by atoms with Gasteiger partial charge in [-0.15, -0.1) is 0 Å². The molecule has 0 fully saturated rings. The summed E-state index contributed by atoms with van der Waals surface area (Å²) >= 11 is 0. The molecule has 1 aliphatic heterocycles. The molecule has 1 aliphatic rings. The molecular weight excluding hydrogens is 272 g/mol. The first-order chi connectivity index (χ1) is 10.1. The summed E-state index contributed by atoms with van der Waals surface area (Å²) in [6, 6.07) is 7.73. The van der Waals surface area contributed by atoms with Gasteiger partial charge in [0, 0.05) is 12.6 Å². The zero-order valence-electron chi connectivity index (χ0n) is 11.2. The van der Waals surface area contributed by atoms with Crippen LogP contribution in [0.15, 0.2) is 33.9 Å². The van der Waals surface area contributed by atoms with Crippen LogP contribution in [0.1, 0.15) is 17.3 Å². The van der Waals surface area contributed by atoms with E-state index >= 15 is 0 Å². The SMILES string of the molecule is Cn1c(=O)[nH]c(=O)c2[nH]c(C3COc4ccccc43)nc21. The van der Waals surface area contributed by atoms with E-state index in [9.17, 15) is 9.59 Å². The molecule has 0 bridgehead atoms. The van der Waals surface area contributed by atoms with Crippen molar-refractivity contribution in [1.82, 2.24) is 19.5 Å². The van der Waals surface area contributed by atoms with E-state index in [0.29, 0.717) is 23.6 Å². The van der Waals surface area contributed by atoms with Gasteiger partial charge in [0.1, 0.15) is 23.7 Å². The largest absolute Gasteiger partial charge is 0.492 e. The summed E-state index contributed by atoms with van der Waals surface area (Å²) in [6.07, 6.45) is 0. The normalized spacial score (nSPS) is 16.9. The zero-order chi connectivity index (χ0) is 14.6. The first-order valence-corrected chi connectivity index (χ1v) is 6.56. The second-order valence-electron chi connectivity index (χ2n) is 5.04. The fourth-order valence-corrected chi connectivity index (χ4v) is 2.68. The van der Waals surface area contributed by atoms with Gasteiger partial charge >= 0.3 is 5.69 Å². The van der Waals surface area contributed by atoms with Crippen molar-refractivity contribution in [2.75, 3.05) is 6.61 Å². The maximum atomic E-state index is 11.9. The minimum Gasteiger partial charge on any atom is -0.492 e. The Bertz CT molecular complexity index is 966. The van der Waals surface area contributed by atoms with Crippen LogP contribution >= 0.6 is 0 Å². The maximum Gasteiger partial charge on any atom is 0.329 e. The van der Waals surface area contributed by atoms with Crippen molar-refractivity contribution in [3.05, 3.63) is 56.5 Å². The number of para-hydroxylation sites is 1. The Morgan fingerprint density at radius 2 is 2.10 bits per heavy atom. The van der Waals surface area contributed by atoms with E-state index in [1.54, 1.807) is 7.05 Å². The molecule has 3 heterocycles. The number of imidazole rings is 1. The van der Waals surface area contributed by atoms with Crippen LogP contribution in [0.2, 0.25) is 0 Å². The third-order valence-electron chi connectivity index (χ3n) is 3.80. The molecule has 1 unspecified atom stereocenters. The number of aromatic nitrogens is 4. The lowest BCUT2D eigenvalue weighted by molar-refractivity contribution is 0.340. The Balaban J connectivity index is 1.94. The number of fused-ring (bicyclic) bond motifs is 2. The molecule has 21 heavy (non-hydrogen) atoms. The van der Waals surface area contributed by atoms with Gasteiger partial charge in [0.2, 0.25) is 0 Å². The van der Waals surface area contributed by atoms with Crippen molar-refractivity contribution in [3.8, 4) is 5.75 Å². The van der Waals surface area contributed by atoms with Gasteiger partial charge in [-0.1, -0.05) is 18.2 Å². The molecule has 2 N–H and O–H groups in total. The van der Waals surface area contributed by atoms with Gasteiger partial charge in [0.15, 0.2) is 5.65 Å². The van der Waals surface area contributed by atoms with Gasteiger partial charge in [0.25, 0.3) is 5.56 Å². The first-order valence-electron chi connectivity index (χ1n) is 6.56. The van der Waals surface area contributed by atoms with E-state index in [-0.39, 0.29) is 5.92 Å². The van der Waals surface area contributed by atoms with E-state index in [4.69, 9.17) is 4.74 Å². The summed E-state index contributed by atoms with van der Waals surface area (Å²) in [4.78, 5) is 33.2. The first kappa shape index (κ1) is 12.0. The van der Waals surface area contributed by atoms with Crippen molar-refractivity contribution >= 4 is 11.2 Å². The molecule has 0 amide bonds. The number of H-pyrrole nitrogens is 2. The third kappa shape index (κ3) is 1.63. The number of nitrogens with zero attached hydrogens (tertiary/aromatic N) is 2. The number of aromatic amines is 2. The molecule has 0 spiro atoms. The molecule has 2 aromatic heterocycles. The highest BCUT2D eigenvalue weighted by molar-refractivity contribution is 5.70. The van der Waals surface area contributed by atoms with Gasteiger partial charge in [-0.05, 0) is 6.07 Å². The number of hydrogen-bond acceptors (Lipinski definition) is 4. The lowest BCUT2D eigenvalue weighted by Crippen LogP contribution is -2.28. The van der Waals surface area contributed by atoms with Crippen LogP contribution in [0.5, 0.6) is 5.75 Å². The van der Waals surface area contributed by atoms with Gasteiger partial charge in [-0.2, -0.15) is 0 Å². The monoisotopic (exact) mass is 284 g/mol. The summed E-state index contributed by atoms with van der Waals surface area (Å²) in [7, 11) is 1.57. The average Bonchev–Trinajstić information content (AvgIpc) is 3.09. The molecule has 1 atom stereocenters. The predicted molar refractivity (Wildman–Crippen MR) is 75.7 cm³/mol. The molecule has 0 saturated heterocycles. The van der Waals surface area contributed by atoms with E-state index < -0.39 is 11.2 Å². The van der Waals surface area contributed by atoms with Gasteiger partial charge in [-0.3, -0.25) is 14.3 Å². The molecular formula is C14H12N4O3. The highest BCUT2D eigenvalue weighted by Gasteiger charge is 2.28. The molecule has 4 rings (SSSR count). The van der Waals surface area contributed by atoms with Crippen LogP contribution in [-0.4, -0.2) is 26.1 Å². The van der Waals surface area contributed by atoms with Gasteiger partial charge < -0.3 is 9.72 Å². The molecule has 1 aromatic carbocycles.